The van der Waals surface area contributed by atoms with Crippen molar-refractivity contribution in [3.8, 4) is 5.69 Å². The highest BCUT2D eigenvalue weighted by Gasteiger charge is 2.29. The van der Waals surface area contributed by atoms with E-state index in [2.05, 4.69) is 29.5 Å². The molecule has 21 heavy (non-hydrogen) atoms. The number of aromatic nitrogens is 2. The van der Waals surface area contributed by atoms with Crippen LogP contribution in [0.2, 0.25) is 0 Å². The molecule has 0 spiro atoms. The van der Waals surface area contributed by atoms with E-state index in [0.717, 1.165) is 11.4 Å². The normalized spacial score (nSPS) is 14.5. The fourth-order valence-electron chi connectivity index (χ4n) is 2.48. The van der Waals surface area contributed by atoms with Crippen molar-refractivity contribution in [3.05, 3.63) is 47.3 Å². The van der Waals surface area contributed by atoms with Gasteiger partial charge in [-0.25, -0.2) is 4.68 Å². The number of carbonyl (C=O) groups excluding carboxylic acids is 1. The van der Waals surface area contributed by atoms with Crippen molar-refractivity contribution in [3.63, 3.8) is 0 Å². The van der Waals surface area contributed by atoms with Crippen LogP contribution in [-0.4, -0.2) is 21.7 Å². The molecule has 1 aliphatic rings. The molecule has 2 aromatic rings. The fraction of sp³-hybridized carbons (Fsp3) is 0.412. The van der Waals surface area contributed by atoms with Crippen molar-refractivity contribution in [2.45, 2.75) is 45.6 Å². The van der Waals surface area contributed by atoms with Gasteiger partial charge in [-0.2, -0.15) is 5.10 Å². The molecule has 1 aromatic carbocycles. The lowest BCUT2D eigenvalue weighted by Gasteiger charge is -2.07. The Bertz CT molecular complexity index is 668. The fourth-order valence-corrected chi connectivity index (χ4v) is 2.48. The van der Waals surface area contributed by atoms with Crippen molar-refractivity contribution in [1.29, 1.82) is 0 Å². The number of amides is 1. The zero-order chi connectivity index (χ0) is 15.0. The topological polar surface area (TPSA) is 46.9 Å². The summed E-state index contributed by atoms with van der Waals surface area (Å²) in [6.07, 6.45) is 2.37. The second-order valence-electron chi connectivity index (χ2n) is 6.11. The van der Waals surface area contributed by atoms with E-state index in [0.29, 0.717) is 11.6 Å². The van der Waals surface area contributed by atoms with Gasteiger partial charge in [-0.1, -0.05) is 12.1 Å². The van der Waals surface area contributed by atoms with Crippen LogP contribution in [0.4, 0.5) is 0 Å². The zero-order valence-electron chi connectivity index (χ0n) is 12.8. The summed E-state index contributed by atoms with van der Waals surface area (Å²) >= 11 is 0. The van der Waals surface area contributed by atoms with Crippen LogP contribution in [0.3, 0.4) is 0 Å². The SMILES string of the molecule is Cc1cccc(-n2nc(C(=O)NC(C)C)cc2C2CC2)c1. The van der Waals surface area contributed by atoms with E-state index in [9.17, 15) is 4.79 Å². The Kier molecular flexibility index (Phi) is 3.53. The first-order chi connectivity index (χ1) is 10.0. The van der Waals surface area contributed by atoms with Gasteiger partial charge in [-0.05, 0) is 57.4 Å². The molecule has 0 bridgehead atoms. The number of hydrogen-bond acceptors (Lipinski definition) is 2. The molecule has 110 valence electrons. The van der Waals surface area contributed by atoms with E-state index in [1.54, 1.807) is 0 Å². The molecule has 1 aromatic heterocycles. The van der Waals surface area contributed by atoms with Gasteiger partial charge >= 0.3 is 0 Å². The molecular weight excluding hydrogens is 262 g/mol. The van der Waals surface area contributed by atoms with Gasteiger partial charge in [0, 0.05) is 17.7 Å². The Morgan fingerprint density at radius 3 is 2.71 bits per heavy atom. The number of benzene rings is 1. The Morgan fingerprint density at radius 1 is 1.33 bits per heavy atom. The highest BCUT2D eigenvalue weighted by Crippen LogP contribution is 2.41. The molecule has 0 radical (unpaired) electrons. The molecule has 1 N–H and O–H groups in total. The van der Waals surface area contributed by atoms with Crippen LogP contribution in [0, 0.1) is 6.92 Å². The summed E-state index contributed by atoms with van der Waals surface area (Å²) in [7, 11) is 0. The third-order valence-corrected chi connectivity index (χ3v) is 3.63. The van der Waals surface area contributed by atoms with Gasteiger partial charge in [0.25, 0.3) is 5.91 Å². The van der Waals surface area contributed by atoms with Gasteiger partial charge in [0.15, 0.2) is 5.69 Å². The quantitative estimate of drug-likeness (QED) is 0.936. The van der Waals surface area contributed by atoms with E-state index >= 15 is 0 Å². The van der Waals surface area contributed by atoms with Gasteiger partial charge in [-0.3, -0.25) is 4.79 Å². The van der Waals surface area contributed by atoms with E-state index in [1.165, 1.54) is 18.4 Å². The standard InChI is InChI=1S/C17H21N3O/c1-11(2)18-17(21)15-10-16(13-7-8-13)20(19-15)14-6-4-5-12(3)9-14/h4-6,9-11,13H,7-8H2,1-3H3,(H,18,21). The molecule has 1 fully saturated rings. The van der Waals surface area contributed by atoms with Crippen molar-refractivity contribution < 1.29 is 4.79 Å². The Morgan fingerprint density at radius 2 is 2.10 bits per heavy atom. The zero-order valence-corrected chi connectivity index (χ0v) is 12.8. The predicted molar refractivity (Wildman–Crippen MR) is 82.9 cm³/mol. The Balaban J connectivity index is 1.99. The van der Waals surface area contributed by atoms with E-state index in [4.69, 9.17) is 0 Å². The summed E-state index contributed by atoms with van der Waals surface area (Å²) in [5, 5.41) is 7.45. The van der Waals surface area contributed by atoms with Gasteiger partial charge in [0.2, 0.25) is 0 Å². The first-order valence-corrected chi connectivity index (χ1v) is 7.52. The van der Waals surface area contributed by atoms with Crippen molar-refractivity contribution in [2.24, 2.45) is 0 Å². The highest BCUT2D eigenvalue weighted by molar-refractivity contribution is 5.92. The number of rotatable bonds is 4. The maximum atomic E-state index is 12.2. The number of carbonyl (C=O) groups is 1. The van der Waals surface area contributed by atoms with Gasteiger partial charge < -0.3 is 5.32 Å². The van der Waals surface area contributed by atoms with Gasteiger partial charge in [0.1, 0.15) is 0 Å². The largest absolute Gasteiger partial charge is 0.348 e. The van der Waals surface area contributed by atoms with Crippen LogP contribution >= 0.6 is 0 Å². The summed E-state index contributed by atoms with van der Waals surface area (Å²) in [6.45, 7) is 5.98. The number of nitrogens with zero attached hydrogens (tertiary/aromatic N) is 2. The van der Waals surface area contributed by atoms with Gasteiger partial charge in [0.05, 0.1) is 5.69 Å². The first kappa shape index (κ1) is 13.9. The van der Waals surface area contributed by atoms with Crippen LogP contribution in [-0.2, 0) is 0 Å². The summed E-state index contributed by atoms with van der Waals surface area (Å²) < 4.78 is 1.93. The summed E-state index contributed by atoms with van der Waals surface area (Å²) in [6, 6.07) is 10.3. The predicted octanol–water partition coefficient (Wildman–Crippen LogP) is 3.20. The summed E-state index contributed by atoms with van der Waals surface area (Å²) in [5.74, 6) is 0.442. The molecule has 1 aliphatic carbocycles. The molecule has 0 saturated heterocycles. The van der Waals surface area contributed by atoms with Crippen LogP contribution in [0.5, 0.6) is 0 Å². The van der Waals surface area contributed by atoms with Crippen LogP contribution in [0.25, 0.3) is 5.69 Å². The maximum Gasteiger partial charge on any atom is 0.272 e. The lowest BCUT2D eigenvalue weighted by Crippen LogP contribution is -2.30. The number of hydrogen-bond donors (Lipinski definition) is 1. The van der Waals surface area contributed by atoms with Gasteiger partial charge in [-0.15, -0.1) is 0 Å². The molecule has 0 aliphatic heterocycles. The number of aryl methyl sites for hydroxylation is 1. The van der Waals surface area contributed by atoms with E-state index < -0.39 is 0 Å². The second kappa shape index (κ2) is 5.35. The minimum atomic E-state index is -0.0988. The molecular formula is C17H21N3O. The average molecular weight is 283 g/mol. The average Bonchev–Trinajstić information content (AvgIpc) is 3.16. The van der Waals surface area contributed by atoms with E-state index in [-0.39, 0.29) is 11.9 Å². The Labute approximate surface area is 125 Å². The molecule has 4 nitrogen and oxygen atoms in total. The molecule has 1 saturated carbocycles. The maximum absolute atomic E-state index is 12.2. The first-order valence-electron chi connectivity index (χ1n) is 7.52. The molecule has 0 unspecified atom stereocenters. The lowest BCUT2D eigenvalue weighted by molar-refractivity contribution is 0.0937. The van der Waals surface area contributed by atoms with Crippen molar-refractivity contribution >= 4 is 5.91 Å². The Hall–Kier alpha value is -2.10. The molecule has 0 atom stereocenters. The highest BCUT2D eigenvalue weighted by atomic mass is 16.2. The second-order valence-corrected chi connectivity index (χ2v) is 6.11. The monoisotopic (exact) mass is 283 g/mol. The summed E-state index contributed by atoms with van der Waals surface area (Å²) in [5.41, 5.74) is 3.88. The third-order valence-electron chi connectivity index (χ3n) is 3.63. The smallest absolute Gasteiger partial charge is 0.272 e. The van der Waals surface area contributed by atoms with Crippen LogP contribution < -0.4 is 5.32 Å². The van der Waals surface area contributed by atoms with Crippen molar-refractivity contribution in [1.82, 2.24) is 15.1 Å². The molecule has 4 heteroatoms. The third kappa shape index (κ3) is 2.99. The minimum absolute atomic E-state index is 0.0988. The van der Waals surface area contributed by atoms with Crippen molar-refractivity contribution in [2.75, 3.05) is 0 Å². The lowest BCUT2D eigenvalue weighted by atomic mass is 10.2. The molecule has 1 amide bonds. The van der Waals surface area contributed by atoms with Crippen LogP contribution in [0.1, 0.15) is 54.4 Å². The number of nitrogens with one attached hydrogen (secondary N) is 1. The molecule has 1 heterocycles. The molecule has 3 rings (SSSR count). The van der Waals surface area contributed by atoms with Crippen LogP contribution in [0.15, 0.2) is 30.3 Å². The summed E-state index contributed by atoms with van der Waals surface area (Å²) in [4.78, 5) is 12.2. The van der Waals surface area contributed by atoms with E-state index in [1.807, 2.05) is 36.7 Å². The minimum Gasteiger partial charge on any atom is -0.348 e.